The van der Waals surface area contributed by atoms with E-state index in [1.165, 1.54) is 24.2 Å². The van der Waals surface area contributed by atoms with Crippen molar-refractivity contribution in [1.82, 2.24) is 20.5 Å². The topological polar surface area (TPSA) is 63.8 Å². The van der Waals surface area contributed by atoms with Crippen molar-refractivity contribution in [2.75, 3.05) is 6.54 Å². The number of hydrogen-bond acceptors (Lipinski definition) is 6. The monoisotopic (exact) mass is 236 g/mol. The van der Waals surface area contributed by atoms with Crippen molar-refractivity contribution in [3.8, 4) is 10.8 Å². The van der Waals surface area contributed by atoms with Crippen LogP contribution in [0.2, 0.25) is 0 Å². The van der Waals surface area contributed by atoms with Gasteiger partial charge in [0.25, 0.3) is 5.89 Å². The van der Waals surface area contributed by atoms with E-state index in [0.717, 1.165) is 23.9 Å². The molecule has 0 saturated heterocycles. The summed E-state index contributed by atoms with van der Waals surface area (Å²) in [5.41, 5.74) is 1.76. The summed E-state index contributed by atoms with van der Waals surface area (Å²) in [6, 6.07) is 0.726. The molecule has 0 unspecified atom stereocenters. The van der Waals surface area contributed by atoms with Gasteiger partial charge in [-0.25, -0.2) is 0 Å². The number of nitrogens with one attached hydrogen (secondary N) is 1. The Bertz CT molecular complexity index is 449. The molecule has 16 heavy (non-hydrogen) atoms. The summed E-state index contributed by atoms with van der Waals surface area (Å²) in [4.78, 5) is 4.90. The minimum Gasteiger partial charge on any atom is -0.420 e. The summed E-state index contributed by atoms with van der Waals surface area (Å²) >= 11 is 1.51. The SMILES string of the molecule is c1ncc(-c2nnc(CCNC3CC3)o2)s1. The first-order chi connectivity index (χ1) is 7.92. The molecule has 0 spiro atoms. The standard InChI is InChI=1S/C10H12N4OS/c1-2-7(1)12-4-3-9-13-14-10(15-9)8-5-11-6-16-8/h5-7,12H,1-4H2. The predicted octanol–water partition coefficient (Wildman–Crippen LogP) is 1.49. The first-order valence-corrected chi connectivity index (χ1v) is 6.24. The Balaban J connectivity index is 1.59. The van der Waals surface area contributed by atoms with Gasteiger partial charge in [0.2, 0.25) is 5.89 Å². The van der Waals surface area contributed by atoms with E-state index in [0.29, 0.717) is 11.8 Å². The maximum absolute atomic E-state index is 5.54. The molecule has 0 aliphatic heterocycles. The van der Waals surface area contributed by atoms with Gasteiger partial charge in [-0.05, 0) is 12.8 Å². The molecule has 2 aromatic rings. The molecule has 84 valence electrons. The Labute approximate surface area is 96.9 Å². The second-order valence-electron chi connectivity index (χ2n) is 3.85. The molecule has 1 aliphatic rings. The minimum atomic E-state index is 0.573. The molecule has 1 N–H and O–H groups in total. The van der Waals surface area contributed by atoms with Gasteiger partial charge >= 0.3 is 0 Å². The van der Waals surface area contributed by atoms with Crippen LogP contribution in [0.3, 0.4) is 0 Å². The van der Waals surface area contributed by atoms with Crippen molar-refractivity contribution in [3.63, 3.8) is 0 Å². The molecule has 3 rings (SSSR count). The van der Waals surface area contributed by atoms with Gasteiger partial charge in [-0.15, -0.1) is 21.5 Å². The third-order valence-corrected chi connectivity index (χ3v) is 3.22. The van der Waals surface area contributed by atoms with E-state index in [4.69, 9.17) is 4.42 Å². The minimum absolute atomic E-state index is 0.573. The molecule has 0 aromatic carbocycles. The molecule has 5 nitrogen and oxygen atoms in total. The van der Waals surface area contributed by atoms with Crippen LogP contribution in [-0.4, -0.2) is 27.8 Å². The number of hydrogen-bond donors (Lipinski definition) is 1. The average Bonchev–Trinajstić information content (AvgIpc) is 2.83. The summed E-state index contributed by atoms with van der Waals surface area (Å²) in [7, 11) is 0. The van der Waals surface area contributed by atoms with Crippen LogP contribution >= 0.6 is 11.3 Å². The molecule has 6 heteroatoms. The van der Waals surface area contributed by atoms with E-state index in [1.54, 1.807) is 11.7 Å². The molecule has 2 aromatic heterocycles. The van der Waals surface area contributed by atoms with Gasteiger partial charge in [0.1, 0.15) is 4.88 Å². The molecule has 0 radical (unpaired) electrons. The third-order valence-electron chi connectivity index (χ3n) is 2.46. The summed E-state index contributed by atoms with van der Waals surface area (Å²) in [5, 5.41) is 11.4. The highest BCUT2D eigenvalue weighted by Crippen LogP contribution is 2.21. The molecule has 0 atom stereocenters. The fourth-order valence-electron chi connectivity index (χ4n) is 1.45. The first-order valence-electron chi connectivity index (χ1n) is 5.36. The zero-order valence-electron chi connectivity index (χ0n) is 8.72. The first kappa shape index (κ1) is 9.92. The van der Waals surface area contributed by atoms with Gasteiger partial charge in [-0.1, -0.05) is 0 Å². The lowest BCUT2D eigenvalue weighted by atomic mass is 10.4. The highest BCUT2D eigenvalue weighted by molar-refractivity contribution is 7.13. The van der Waals surface area contributed by atoms with Crippen LogP contribution in [0.5, 0.6) is 0 Å². The van der Waals surface area contributed by atoms with Gasteiger partial charge < -0.3 is 9.73 Å². The van der Waals surface area contributed by atoms with Crippen molar-refractivity contribution in [3.05, 3.63) is 17.6 Å². The van der Waals surface area contributed by atoms with E-state index in [-0.39, 0.29) is 0 Å². The fourth-order valence-corrected chi connectivity index (χ4v) is 1.99. The quantitative estimate of drug-likeness (QED) is 0.852. The molecule has 1 aliphatic carbocycles. The van der Waals surface area contributed by atoms with E-state index in [2.05, 4.69) is 20.5 Å². The fraction of sp³-hybridized carbons (Fsp3) is 0.500. The van der Waals surface area contributed by atoms with Crippen LogP contribution in [0.25, 0.3) is 10.8 Å². The van der Waals surface area contributed by atoms with Gasteiger partial charge in [0.05, 0.1) is 11.7 Å². The normalized spacial score (nSPS) is 15.5. The lowest BCUT2D eigenvalue weighted by molar-refractivity contribution is 0.495. The molecular weight excluding hydrogens is 224 g/mol. The average molecular weight is 236 g/mol. The molecular formula is C10H12N4OS. The lowest BCUT2D eigenvalue weighted by Crippen LogP contribution is -2.19. The van der Waals surface area contributed by atoms with Gasteiger partial charge in [0.15, 0.2) is 0 Å². The highest BCUT2D eigenvalue weighted by Gasteiger charge is 2.20. The van der Waals surface area contributed by atoms with Gasteiger partial charge in [-0.2, -0.15) is 0 Å². The second kappa shape index (κ2) is 4.31. The zero-order valence-corrected chi connectivity index (χ0v) is 9.54. The number of rotatable bonds is 5. The Kier molecular flexibility index (Phi) is 2.67. The zero-order chi connectivity index (χ0) is 10.8. The molecule has 0 bridgehead atoms. The van der Waals surface area contributed by atoms with Crippen molar-refractivity contribution in [1.29, 1.82) is 0 Å². The van der Waals surface area contributed by atoms with Crippen LogP contribution in [0.4, 0.5) is 0 Å². The Morgan fingerprint density at radius 3 is 3.12 bits per heavy atom. The third kappa shape index (κ3) is 2.28. The summed E-state index contributed by atoms with van der Waals surface area (Å²) in [5.74, 6) is 1.26. The number of thiazole rings is 1. The maximum Gasteiger partial charge on any atom is 0.259 e. The van der Waals surface area contributed by atoms with Crippen LogP contribution in [0.1, 0.15) is 18.7 Å². The Morgan fingerprint density at radius 2 is 2.38 bits per heavy atom. The molecule has 1 fully saturated rings. The van der Waals surface area contributed by atoms with Crippen LogP contribution < -0.4 is 5.32 Å². The van der Waals surface area contributed by atoms with Gasteiger partial charge in [0, 0.05) is 19.0 Å². The molecule has 0 amide bonds. The van der Waals surface area contributed by atoms with E-state index < -0.39 is 0 Å². The summed E-state index contributed by atoms with van der Waals surface area (Å²) < 4.78 is 5.54. The van der Waals surface area contributed by atoms with Crippen molar-refractivity contribution in [2.45, 2.75) is 25.3 Å². The van der Waals surface area contributed by atoms with Crippen molar-refractivity contribution < 1.29 is 4.42 Å². The van der Waals surface area contributed by atoms with Gasteiger partial charge in [-0.3, -0.25) is 4.98 Å². The lowest BCUT2D eigenvalue weighted by Gasteiger charge is -1.97. The van der Waals surface area contributed by atoms with E-state index >= 15 is 0 Å². The van der Waals surface area contributed by atoms with Crippen LogP contribution in [0.15, 0.2) is 16.1 Å². The molecule has 2 heterocycles. The molecule has 1 saturated carbocycles. The van der Waals surface area contributed by atoms with Crippen molar-refractivity contribution in [2.24, 2.45) is 0 Å². The Morgan fingerprint density at radius 1 is 1.44 bits per heavy atom. The largest absolute Gasteiger partial charge is 0.420 e. The Hall–Kier alpha value is -1.27. The summed E-state index contributed by atoms with van der Waals surface area (Å²) in [6.45, 7) is 0.912. The van der Waals surface area contributed by atoms with E-state index in [9.17, 15) is 0 Å². The smallest absolute Gasteiger partial charge is 0.259 e. The number of nitrogens with zero attached hydrogens (tertiary/aromatic N) is 3. The van der Waals surface area contributed by atoms with E-state index in [1.807, 2.05) is 0 Å². The van der Waals surface area contributed by atoms with Crippen molar-refractivity contribution >= 4 is 11.3 Å². The maximum atomic E-state index is 5.54. The van der Waals surface area contributed by atoms with Crippen LogP contribution in [-0.2, 0) is 6.42 Å². The summed E-state index contributed by atoms with van der Waals surface area (Å²) in [6.07, 6.45) is 5.14. The predicted molar refractivity (Wildman–Crippen MR) is 60.1 cm³/mol. The number of aromatic nitrogens is 3. The van der Waals surface area contributed by atoms with Crippen LogP contribution in [0, 0.1) is 0 Å². The highest BCUT2D eigenvalue weighted by atomic mass is 32.1. The second-order valence-corrected chi connectivity index (χ2v) is 4.73.